The molecule has 0 aromatic rings. The van der Waals surface area contributed by atoms with Crippen LogP contribution in [0.4, 0.5) is 0 Å². The van der Waals surface area contributed by atoms with Crippen LogP contribution >= 0.6 is 0 Å². The number of unbranched alkanes of at least 4 members (excludes halogenated alkanes) is 3. The number of carbonyl (C=O) groups is 1. The molecule has 5 nitrogen and oxygen atoms in total. The summed E-state index contributed by atoms with van der Waals surface area (Å²) in [6.07, 6.45) is 11.2. The first kappa shape index (κ1) is 22.7. The van der Waals surface area contributed by atoms with E-state index in [0.29, 0.717) is 25.7 Å². The highest BCUT2D eigenvalue weighted by Crippen LogP contribution is 2.35. The second-order valence-corrected chi connectivity index (χ2v) is 7.52. The Hall–Kier alpha value is -1.39. The summed E-state index contributed by atoms with van der Waals surface area (Å²) in [4.78, 5) is 10.5. The first-order valence-electron chi connectivity index (χ1n) is 9.67. The molecule has 5 atom stereocenters. The predicted octanol–water partition coefficient (Wildman–Crippen LogP) is 3.20. The SMILES string of the molecule is CCCCC[C@](C)(O)/C=C/[C@@H]1[C@@H](C=C=CCCCC(=O)O)[C@@H](O)C[C@H]1O. The normalized spacial score (nSPS) is 27.9. The van der Waals surface area contributed by atoms with Gasteiger partial charge < -0.3 is 20.4 Å². The number of aliphatic hydroxyl groups excluding tert-OH is 2. The van der Waals surface area contributed by atoms with Gasteiger partial charge in [0.05, 0.1) is 17.8 Å². The maximum Gasteiger partial charge on any atom is 0.303 e. The van der Waals surface area contributed by atoms with Crippen LogP contribution in [0.2, 0.25) is 0 Å². The van der Waals surface area contributed by atoms with E-state index in [1.165, 1.54) is 0 Å². The third-order valence-corrected chi connectivity index (χ3v) is 4.93. The molecule has 0 heterocycles. The minimum atomic E-state index is -0.913. The summed E-state index contributed by atoms with van der Waals surface area (Å²) >= 11 is 0. The molecule has 26 heavy (non-hydrogen) atoms. The molecular weight excluding hydrogens is 332 g/mol. The van der Waals surface area contributed by atoms with Gasteiger partial charge in [-0.2, -0.15) is 0 Å². The minimum Gasteiger partial charge on any atom is -0.481 e. The van der Waals surface area contributed by atoms with Crippen molar-refractivity contribution in [2.75, 3.05) is 0 Å². The van der Waals surface area contributed by atoms with Crippen LogP contribution in [0.15, 0.2) is 30.0 Å². The molecule has 0 radical (unpaired) electrons. The van der Waals surface area contributed by atoms with Gasteiger partial charge in [0, 0.05) is 24.7 Å². The fraction of sp³-hybridized carbons (Fsp3) is 0.714. The fourth-order valence-corrected chi connectivity index (χ4v) is 3.31. The van der Waals surface area contributed by atoms with Crippen molar-refractivity contribution >= 4 is 5.97 Å². The lowest BCUT2D eigenvalue weighted by Gasteiger charge is -2.22. The lowest BCUT2D eigenvalue weighted by molar-refractivity contribution is -0.137. The second-order valence-electron chi connectivity index (χ2n) is 7.52. The molecule has 1 saturated carbocycles. The van der Waals surface area contributed by atoms with E-state index in [0.717, 1.165) is 19.3 Å². The highest BCUT2D eigenvalue weighted by Gasteiger charge is 2.39. The minimum absolute atomic E-state index is 0.126. The molecule has 0 aliphatic heterocycles. The number of rotatable bonds is 11. The summed E-state index contributed by atoms with van der Waals surface area (Å²) in [7, 11) is 0. The first-order chi connectivity index (χ1) is 12.3. The molecular formula is C21H34O5. The highest BCUT2D eigenvalue weighted by molar-refractivity contribution is 5.66. The van der Waals surface area contributed by atoms with Gasteiger partial charge in [-0.05, 0) is 38.3 Å². The molecule has 1 aliphatic rings. The number of hydrogen-bond donors (Lipinski definition) is 4. The number of carboxylic acid groups (broad SMARTS) is 1. The molecule has 0 unspecified atom stereocenters. The van der Waals surface area contributed by atoms with E-state index < -0.39 is 23.8 Å². The number of aliphatic carboxylic acids is 1. The standard InChI is InChI=1S/C21H34O5/c1-3-4-9-13-21(2,26)14-12-17-16(18(22)15-19(17)23)10-7-5-6-8-11-20(24)25/h5,10,12,14,16-19,22-23,26H,3-4,6,8-9,11,13,15H2,1-2H3,(H,24,25)/b14-12+/t7?,16-,17-,18+,19-,21+/m1/s1. The van der Waals surface area contributed by atoms with Crippen molar-refractivity contribution in [1.82, 2.24) is 0 Å². The summed E-state index contributed by atoms with van der Waals surface area (Å²) in [6, 6.07) is 0. The average molecular weight is 366 g/mol. The van der Waals surface area contributed by atoms with Crippen LogP contribution in [0, 0.1) is 11.8 Å². The smallest absolute Gasteiger partial charge is 0.303 e. The van der Waals surface area contributed by atoms with Crippen LogP contribution in [0.1, 0.15) is 65.2 Å². The number of carboxylic acids is 1. The van der Waals surface area contributed by atoms with Crippen LogP contribution in [0.3, 0.4) is 0 Å². The zero-order chi connectivity index (χ0) is 19.6. The summed E-state index contributed by atoms with van der Waals surface area (Å²) in [5.41, 5.74) is 2.10. The Balaban J connectivity index is 2.67. The van der Waals surface area contributed by atoms with Gasteiger partial charge in [0.1, 0.15) is 0 Å². The monoisotopic (exact) mass is 366 g/mol. The fourth-order valence-electron chi connectivity index (χ4n) is 3.31. The Labute approximate surface area is 156 Å². The van der Waals surface area contributed by atoms with E-state index in [9.17, 15) is 20.1 Å². The van der Waals surface area contributed by atoms with E-state index in [1.807, 2.05) is 6.08 Å². The van der Waals surface area contributed by atoms with Crippen molar-refractivity contribution < 1.29 is 25.2 Å². The molecule has 0 spiro atoms. The Morgan fingerprint density at radius 3 is 2.54 bits per heavy atom. The Morgan fingerprint density at radius 2 is 1.88 bits per heavy atom. The largest absolute Gasteiger partial charge is 0.481 e. The van der Waals surface area contributed by atoms with E-state index in [1.54, 1.807) is 25.2 Å². The molecule has 0 aromatic heterocycles. The Bertz CT molecular complexity index is 516. The van der Waals surface area contributed by atoms with Crippen LogP contribution in [0.25, 0.3) is 0 Å². The van der Waals surface area contributed by atoms with E-state index in [4.69, 9.17) is 5.11 Å². The van der Waals surface area contributed by atoms with Crippen molar-refractivity contribution in [3.05, 3.63) is 30.0 Å². The van der Waals surface area contributed by atoms with Crippen molar-refractivity contribution in [1.29, 1.82) is 0 Å². The Kier molecular flexibility index (Phi) is 9.89. The predicted molar refractivity (Wildman–Crippen MR) is 102 cm³/mol. The Morgan fingerprint density at radius 1 is 1.19 bits per heavy atom. The molecule has 148 valence electrons. The summed E-state index contributed by atoms with van der Waals surface area (Å²) in [5, 5.41) is 39.5. The molecule has 0 bridgehead atoms. The zero-order valence-corrected chi connectivity index (χ0v) is 16.0. The highest BCUT2D eigenvalue weighted by atomic mass is 16.4. The van der Waals surface area contributed by atoms with Gasteiger partial charge in [-0.3, -0.25) is 4.79 Å². The molecule has 5 heteroatoms. The van der Waals surface area contributed by atoms with E-state index >= 15 is 0 Å². The molecule has 0 aromatic carbocycles. The van der Waals surface area contributed by atoms with Crippen molar-refractivity contribution in [2.45, 2.75) is 83.0 Å². The summed E-state index contributed by atoms with van der Waals surface area (Å²) < 4.78 is 0. The second kappa shape index (κ2) is 11.3. The third kappa shape index (κ3) is 8.33. The molecule has 1 rings (SSSR count). The molecule has 1 aliphatic carbocycles. The summed E-state index contributed by atoms with van der Waals surface area (Å²) in [6.45, 7) is 3.89. The van der Waals surface area contributed by atoms with Crippen molar-refractivity contribution in [3.8, 4) is 0 Å². The number of aliphatic hydroxyl groups is 3. The van der Waals surface area contributed by atoms with Crippen LogP contribution < -0.4 is 0 Å². The zero-order valence-electron chi connectivity index (χ0n) is 16.0. The van der Waals surface area contributed by atoms with Crippen LogP contribution in [-0.4, -0.2) is 44.2 Å². The van der Waals surface area contributed by atoms with Gasteiger partial charge in [0.15, 0.2) is 0 Å². The number of hydrogen-bond acceptors (Lipinski definition) is 4. The maximum atomic E-state index is 10.5. The first-order valence-corrected chi connectivity index (χ1v) is 9.67. The lowest BCUT2D eigenvalue weighted by Crippen LogP contribution is -2.23. The van der Waals surface area contributed by atoms with Crippen molar-refractivity contribution in [2.24, 2.45) is 11.8 Å². The molecule has 0 saturated heterocycles. The average Bonchev–Trinajstić information content (AvgIpc) is 2.82. The maximum absolute atomic E-state index is 10.5. The third-order valence-electron chi connectivity index (χ3n) is 4.93. The van der Waals surface area contributed by atoms with Crippen molar-refractivity contribution in [3.63, 3.8) is 0 Å². The van der Waals surface area contributed by atoms with Gasteiger partial charge in [-0.25, -0.2) is 0 Å². The molecule has 4 N–H and O–H groups in total. The van der Waals surface area contributed by atoms with Crippen LogP contribution in [-0.2, 0) is 4.79 Å². The van der Waals surface area contributed by atoms with Gasteiger partial charge in [-0.15, -0.1) is 5.73 Å². The topological polar surface area (TPSA) is 98.0 Å². The van der Waals surface area contributed by atoms with Crippen LogP contribution in [0.5, 0.6) is 0 Å². The van der Waals surface area contributed by atoms with Gasteiger partial charge >= 0.3 is 5.97 Å². The van der Waals surface area contributed by atoms with Gasteiger partial charge in [0.2, 0.25) is 0 Å². The summed E-state index contributed by atoms with van der Waals surface area (Å²) in [5.74, 6) is -1.33. The van der Waals surface area contributed by atoms with Gasteiger partial charge in [-0.1, -0.05) is 38.3 Å². The molecule has 0 amide bonds. The lowest BCUT2D eigenvalue weighted by atomic mass is 9.90. The van der Waals surface area contributed by atoms with E-state index in [2.05, 4.69) is 12.7 Å². The quantitative estimate of drug-likeness (QED) is 0.256. The molecule has 1 fully saturated rings. The van der Waals surface area contributed by atoms with Gasteiger partial charge in [0.25, 0.3) is 0 Å². The van der Waals surface area contributed by atoms with E-state index in [-0.39, 0.29) is 18.3 Å².